The van der Waals surface area contributed by atoms with Gasteiger partial charge in [-0.05, 0) is 36.5 Å². The molecule has 2 aliphatic rings. The molecule has 0 unspecified atom stereocenters. The van der Waals surface area contributed by atoms with Crippen molar-refractivity contribution in [3.8, 4) is 0 Å². The van der Waals surface area contributed by atoms with E-state index < -0.39 is 5.41 Å². The molecule has 4 rings (SSSR count). The monoisotopic (exact) mass is 308 g/mol. The van der Waals surface area contributed by atoms with E-state index in [1.807, 2.05) is 35.4 Å². The van der Waals surface area contributed by atoms with Crippen molar-refractivity contribution in [1.82, 2.24) is 4.98 Å². The second-order valence-corrected chi connectivity index (χ2v) is 6.27. The van der Waals surface area contributed by atoms with Crippen LogP contribution in [0, 0.1) is 0 Å². The molecule has 1 amide bonds. The van der Waals surface area contributed by atoms with Crippen LogP contribution in [0.25, 0.3) is 0 Å². The molecule has 1 aromatic carbocycles. The van der Waals surface area contributed by atoms with Gasteiger partial charge in [0.25, 0.3) is 0 Å². The fraction of sp³-hybridized carbons (Fsp3) is 0.368. The number of nitrogens with zero attached hydrogens (tertiary/aromatic N) is 2. The fourth-order valence-electron chi connectivity index (χ4n) is 3.80. The molecule has 0 atom stereocenters. The minimum Gasteiger partial charge on any atom is -0.381 e. The smallest absolute Gasteiger partial charge is 0.237 e. The third-order valence-electron chi connectivity index (χ3n) is 5.10. The Morgan fingerprint density at radius 3 is 2.70 bits per heavy atom. The summed E-state index contributed by atoms with van der Waals surface area (Å²) in [7, 11) is 0. The van der Waals surface area contributed by atoms with Crippen LogP contribution >= 0.6 is 0 Å². The van der Waals surface area contributed by atoms with Gasteiger partial charge in [-0.15, -0.1) is 0 Å². The molecule has 0 saturated carbocycles. The molecule has 0 aliphatic carbocycles. The average molecular weight is 308 g/mol. The number of benzene rings is 1. The number of hydrogen-bond acceptors (Lipinski definition) is 3. The Labute approximate surface area is 136 Å². The molecule has 3 heterocycles. The maximum absolute atomic E-state index is 13.5. The van der Waals surface area contributed by atoms with Crippen molar-refractivity contribution in [1.29, 1.82) is 0 Å². The van der Waals surface area contributed by atoms with E-state index in [2.05, 4.69) is 17.1 Å². The number of rotatable bonds is 2. The zero-order chi connectivity index (χ0) is 15.7. The van der Waals surface area contributed by atoms with Crippen LogP contribution in [0.15, 0.2) is 48.8 Å². The molecule has 2 aromatic rings. The predicted molar refractivity (Wildman–Crippen MR) is 88.5 cm³/mol. The number of fused-ring (bicyclic) bond motifs is 1. The van der Waals surface area contributed by atoms with Gasteiger partial charge in [0.2, 0.25) is 5.91 Å². The largest absolute Gasteiger partial charge is 0.381 e. The average Bonchev–Trinajstić information content (AvgIpc) is 3.06. The Hall–Kier alpha value is -2.20. The van der Waals surface area contributed by atoms with Gasteiger partial charge < -0.3 is 9.64 Å². The van der Waals surface area contributed by atoms with Crippen LogP contribution in [-0.4, -0.2) is 30.6 Å². The van der Waals surface area contributed by atoms with Crippen molar-refractivity contribution in [2.24, 2.45) is 0 Å². The maximum atomic E-state index is 13.5. The molecule has 2 aliphatic heterocycles. The van der Waals surface area contributed by atoms with Gasteiger partial charge in [0, 0.05) is 37.8 Å². The first-order chi connectivity index (χ1) is 11.3. The first kappa shape index (κ1) is 14.4. The number of pyridine rings is 1. The lowest BCUT2D eigenvalue weighted by molar-refractivity contribution is -0.127. The van der Waals surface area contributed by atoms with Crippen molar-refractivity contribution in [3.63, 3.8) is 0 Å². The van der Waals surface area contributed by atoms with E-state index >= 15 is 0 Å². The van der Waals surface area contributed by atoms with E-state index in [9.17, 15) is 4.79 Å². The molecule has 1 fully saturated rings. The van der Waals surface area contributed by atoms with Crippen LogP contribution in [0.4, 0.5) is 5.69 Å². The number of ether oxygens (including phenoxy) is 1. The van der Waals surface area contributed by atoms with E-state index in [0.717, 1.165) is 42.6 Å². The maximum Gasteiger partial charge on any atom is 0.237 e. The van der Waals surface area contributed by atoms with Crippen molar-refractivity contribution < 1.29 is 9.53 Å². The quantitative estimate of drug-likeness (QED) is 0.856. The van der Waals surface area contributed by atoms with Crippen LogP contribution < -0.4 is 4.90 Å². The summed E-state index contributed by atoms with van der Waals surface area (Å²) in [5, 5.41) is 0. The Morgan fingerprint density at radius 2 is 1.91 bits per heavy atom. The lowest BCUT2D eigenvalue weighted by Crippen LogP contribution is -2.49. The lowest BCUT2D eigenvalue weighted by Gasteiger charge is -2.39. The fourth-order valence-corrected chi connectivity index (χ4v) is 3.80. The van der Waals surface area contributed by atoms with Gasteiger partial charge >= 0.3 is 0 Å². The highest BCUT2D eigenvalue weighted by molar-refractivity contribution is 6.02. The number of aromatic nitrogens is 1. The van der Waals surface area contributed by atoms with Gasteiger partial charge in [-0.2, -0.15) is 0 Å². The Bertz CT molecular complexity index is 708. The number of carbonyl (C=O) groups excluding carboxylic acids is 1. The third-order valence-corrected chi connectivity index (χ3v) is 5.10. The second-order valence-electron chi connectivity index (χ2n) is 6.27. The second kappa shape index (κ2) is 5.78. The van der Waals surface area contributed by atoms with Crippen molar-refractivity contribution in [2.75, 3.05) is 24.7 Å². The molecule has 4 heteroatoms. The van der Waals surface area contributed by atoms with Gasteiger partial charge in [0.15, 0.2) is 0 Å². The molecule has 1 aromatic heterocycles. The normalized spacial score (nSPS) is 19.4. The molecule has 1 saturated heterocycles. The van der Waals surface area contributed by atoms with E-state index in [1.165, 1.54) is 0 Å². The van der Waals surface area contributed by atoms with E-state index in [-0.39, 0.29) is 5.91 Å². The van der Waals surface area contributed by atoms with Crippen LogP contribution in [0.5, 0.6) is 0 Å². The number of hydrogen-bond donors (Lipinski definition) is 0. The van der Waals surface area contributed by atoms with Crippen LogP contribution in [0.2, 0.25) is 0 Å². The molecule has 0 radical (unpaired) electrons. The van der Waals surface area contributed by atoms with Crippen molar-refractivity contribution in [2.45, 2.75) is 24.7 Å². The zero-order valence-electron chi connectivity index (χ0n) is 13.1. The summed E-state index contributed by atoms with van der Waals surface area (Å²) in [5.74, 6) is 0.206. The Balaban J connectivity index is 1.75. The van der Waals surface area contributed by atoms with Gasteiger partial charge in [0.1, 0.15) is 0 Å². The first-order valence-electron chi connectivity index (χ1n) is 8.19. The SMILES string of the molecule is O=C(N1CCc2cnccc21)C1(c2ccccc2)CCOCC1. The van der Waals surface area contributed by atoms with Crippen molar-refractivity contribution >= 4 is 11.6 Å². The number of anilines is 1. The Kier molecular flexibility index (Phi) is 3.62. The molecule has 0 bridgehead atoms. The third kappa shape index (κ3) is 2.34. The minimum atomic E-state index is -0.468. The molecular weight excluding hydrogens is 288 g/mol. The van der Waals surface area contributed by atoms with Crippen LogP contribution in [0.1, 0.15) is 24.0 Å². The number of amides is 1. The van der Waals surface area contributed by atoms with E-state index in [4.69, 9.17) is 4.74 Å². The molecular formula is C19H20N2O2. The number of carbonyl (C=O) groups is 1. The molecule has 4 nitrogen and oxygen atoms in total. The highest BCUT2D eigenvalue weighted by atomic mass is 16.5. The summed E-state index contributed by atoms with van der Waals surface area (Å²) in [6.45, 7) is 2.02. The lowest BCUT2D eigenvalue weighted by atomic mass is 9.73. The summed E-state index contributed by atoms with van der Waals surface area (Å²) < 4.78 is 5.55. The van der Waals surface area contributed by atoms with Crippen molar-refractivity contribution in [3.05, 3.63) is 59.9 Å². The summed E-state index contributed by atoms with van der Waals surface area (Å²) in [4.78, 5) is 19.7. The molecule has 23 heavy (non-hydrogen) atoms. The topological polar surface area (TPSA) is 42.4 Å². The van der Waals surface area contributed by atoms with Crippen LogP contribution in [-0.2, 0) is 21.4 Å². The summed E-state index contributed by atoms with van der Waals surface area (Å²) in [6.07, 6.45) is 6.02. The highest BCUT2D eigenvalue weighted by Gasteiger charge is 2.45. The highest BCUT2D eigenvalue weighted by Crippen LogP contribution is 2.39. The minimum absolute atomic E-state index is 0.206. The summed E-state index contributed by atoms with van der Waals surface area (Å²) in [6, 6.07) is 12.1. The van der Waals surface area contributed by atoms with Gasteiger partial charge in [-0.3, -0.25) is 9.78 Å². The van der Waals surface area contributed by atoms with Gasteiger partial charge in [-0.25, -0.2) is 0 Å². The molecule has 0 N–H and O–H groups in total. The zero-order valence-corrected chi connectivity index (χ0v) is 13.1. The molecule has 118 valence electrons. The van der Waals surface area contributed by atoms with Gasteiger partial charge in [0.05, 0.1) is 5.41 Å². The standard InChI is InChI=1S/C19H20N2O2/c22-18(21-11-7-15-14-20-10-6-17(15)21)19(8-12-23-13-9-19)16-4-2-1-3-5-16/h1-6,10,14H,7-9,11-13H2. The van der Waals surface area contributed by atoms with Gasteiger partial charge in [-0.1, -0.05) is 30.3 Å². The summed E-state index contributed by atoms with van der Waals surface area (Å²) in [5.41, 5.74) is 2.82. The first-order valence-corrected chi connectivity index (χ1v) is 8.19. The Morgan fingerprint density at radius 1 is 1.13 bits per heavy atom. The van der Waals surface area contributed by atoms with E-state index in [1.54, 1.807) is 6.20 Å². The van der Waals surface area contributed by atoms with E-state index in [0.29, 0.717) is 13.2 Å². The summed E-state index contributed by atoms with van der Waals surface area (Å²) >= 11 is 0. The van der Waals surface area contributed by atoms with Crippen LogP contribution in [0.3, 0.4) is 0 Å². The predicted octanol–water partition coefficient (Wildman–Crippen LogP) is 2.72. The molecule has 0 spiro atoms.